The molecule has 1 aromatic carbocycles. The van der Waals surface area contributed by atoms with Crippen molar-refractivity contribution in [3.05, 3.63) is 59.9 Å². The maximum Gasteiger partial charge on any atom is 0.168 e. The molecule has 1 aromatic heterocycles. The average Bonchev–Trinajstić information content (AvgIpc) is 3.13. The molecule has 2 fully saturated rings. The highest BCUT2D eigenvalue weighted by atomic mass is 16.7. The van der Waals surface area contributed by atoms with E-state index in [1.807, 2.05) is 42.5 Å². The summed E-state index contributed by atoms with van der Waals surface area (Å²) >= 11 is 0. The van der Waals surface area contributed by atoms with Crippen molar-refractivity contribution in [1.82, 2.24) is 4.98 Å². The van der Waals surface area contributed by atoms with Crippen molar-refractivity contribution >= 4 is 0 Å². The lowest BCUT2D eigenvalue weighted by Crippen LogP contribution is -2.42. The van der Waals surface area contributed by atoms with E-state index in [9.17, 15) is 5.11 Å². The van der Waals surface area contributed by atoms with Crippen LogP contribution in [0.1, 0.15) is 36.9 Å². The molecular formula is C20H23NO4. The van der Waals surface area contributed by atoms with Gasteiger partial charge >= 0.3 is 0 Å². The SMILES string of the molecule is OC1(c2ccc(OCc3ccccc3)cn2)CCC2(CC1)OCCO2. The lowest BCUT2D eigenvalue weighted by atomic mass is 9.79. The summed E-state index contributed by atoms with van der Waals surface area (Å²) in [6, 6.07) is 13.7. The number of benzene rings is 1. The summed E-state index contributed by atoms with van der Waals surface area (Å²) in [4.78, 5) is 4.44. The van der Waals surface area contributed by atoms with Crippen molar-refractivity contribution in [2.24, 2.45) is 0 Å². The van der Waals surface area contributed by atoms with Crippen molar-refractivity contribution in [1.29, 1.82) is 0 Å². The summed E-state index contributed by atoms with van der Waals surface area (Å²) in [5, 5.41) is 11.0. The summed E-state index contributed by atoms with van der Waals surface area (Å²) in [6.45, 7) is 1.79. The predicted octanol–water partition coefficient (Wildman–Crippen LogP) is 3.17. The summed E-state index contributed by atoms with van der Waals surface area (Å²) in [5.41, 5.74) is 0.880. The van der Waals surface area contributed by atoms with E-state index in [-0.39, 0.29) is 0 Å². The maximum atomic E-state index is 11.0. The van der Waals surface area contributed by atoms with Gasteiger partial charge in [-0.1, -0.05) is 30.3 Å². The first-order valence-electron chi connectivity index (χ1n) is 8.81. The Morgan fingerprint density at radius 1 is 0.960 bits per heavy atom. The number of aliphatic hydroxyl groups is 1. The van der Waals surface area contributed by atoms with E-state index in [1.54, 1.807) is 6.20 Å². The van der Waals surface area contributed by atoms with Crippen molar-refractivity contribution in [2.45, 2.75) is 43.7 Å². The van der Waals surface area contributed by atoms with Gasteiger partial charge in [0.05, 0.1) is 25.1 Å². The van der Waals surface area contributed by atoms with E-state index in [2.05, 4.69) is 4.98 Å². The first kappa shape index (κ1) is 16.5. The van der Waals surface area contributed by atoms with Gasteiger partial charge in [0.2, 0.25) is 0 Å². The normalized spacial score (nSPS) is 21.3. The number of hydrogen-bond donors (Lipinski definition) is 1. The molecule has 1 saturated carbocycles. The van der Waals surface area contributed by atoms with Gasteiger partial charge in [-0.2, -0.15) is 0 Å². The number of nitrogens with zero attached hydrogens (tertiary/aromatic N) is 1. The van der Waals surface area contributed by atoms with Crippen LogP contribution in [-0.4, -0.2) is 29.1 Å². The van der Waals surface area contributed by atoms with Crippen LogP contribution in [0.2, 0.25) is 0 Å². The van der Waals surface area contributed by atoms with Crippen LogP contribution in [0.25, 0.3) is 0 Å². The molecule has 1 aliphatic heterocycles. The molecule has 2 aromatic rings. The molecule has 0 atom stereocenters. The van der Waals surface area contributed by atoms with E-state index < -0.39 is 11.4 Å². The Labute approximate surface area is 147 Å². The van der Waals surface area contributed by atoms with Crippen LogP contribution in [-0.2, 0) is 21.7 Å². The number of aromatic nitrogens is 1. The molecule has 5 nitrogen and oxygen atoms in total. The summed E-state index contributed by atoms with van der Waals surface area (Å²) in [5.74, 6) is 0.219. The largest absolute Gasteiger partial charge is 0.487 e. The van der Waals surface area contributed by atoms with Gasteiger partial charge in [0.15, 0.2) is 5.79 Å². The monoisotopic (exact) mass is 341 g/mol. The van der Waals surface area contributed by atoms with Crippen molar-refractivity contribution in [3.8, 4) is 5.75 Å². The Balaban J connectivity index is 1.38. The van der Waals surface area contributed by atoms with E-state index in [0.717, 1.165) is 5.56 Å². The molecule has 4 rings (SSSR count). The summed E-state index contributed by atoms with van der Waals surface area (Å²) in [7, 11) is 0. The van der Waals surface area contributed by atoms with Crippen LogP contribution in [0.5, 0.6) is 5.75 Å². The zero-order valence-electron chi connectivity index (χ0n) is 14.2. The Morgan fingerprint density at radius 3 is 2.32 bits per heavy atom. The van der Waals surface area contributed by atoms with E-state index in [0.29, 0.717) is 56.9 Å². The molecular weight excluding hydrogens is 318 g/mol. The quantitative estimate of drug-likeness (QED) is 0.925. The van der Waals surface area contributed by atoms with Crippen LogP contribution >= 0.6 is 0 Å². The van der Waals surface area contributed by atoms with Gasteiger partial charge in [-0.15, -0.1) is 0 Å². The second-order valence-electron chi connectivity index (χ2n) is 6.79. The highest BCUT2D eigenvalue weighted by Crippen LogP contribution is 2.44. The Morgan fingerprint density at radius 2 is 1.68 bits per heavy atom. The van der Waals surface area contributed by atoms with E-state index in [1.165, 1.54) is 0 Å². The predicted molar refractivity (Wildman–Crippen MR) is 92.0 cm³/mol. The second kappa shape index (κ2) is 6.75. The zero-order chi connectivity index (χ0) is 17.2. The third-order valence-electron chi connectivity index (χ3n) is 5.11. The minimum absolute atomic E-state index is 0.481. The van der Waals surface area contributed by atoms with Crippen molar-refractivity contribution in [3.63, 3.8) is 0 Å². The van der Waals surface area contributed by atoms with E-state index in [4.69, 9.17) is 14.2 Å². The molecule has 1 spiro atoms. The third-order valence-corrected chi connectivity index (χ3v) is 5.11. The van der Waals surface area contributed by atoms with E-state index >= 15 is 0 Å². The van der Waals surface area contributed by atoms with Gasteiger partial charge in [-0.3, -0.25) is 4.98 Å². The minimum atomic E-state index is -0.918. The minimum Gasteiger partial charge on any atom is -0.487 e. The van der Waals surface area contributed by atoms with Gasteiger partial charge in [0, 0.05) is 12.8 Å². The standard InChI is InChI=1S/C20H23NO4/c22-19(8-10-20(11-9-19)24-12-13-25-20)18-7-6-17(14-21-18)23-15-16-4-2-1-3-5-16/h1-7,14,22H,8-13,15H2. The highest BCUT2D eigenvalue weighted by molar-refractivity contribution is 5.24. The van der Waals surface area contributed by atoms with Gasteiger partial charge in [0.25, 0.3) is 0 Å². The number of hydrogen-bond acceptors (Lipinski definition) is 5. The average molecular weight is 341 g/mol. The van der Waals surface area contributed by atoms with Gasteiger partial charge in [-0.25, -0.2) is 0 Å². The fourth-order valence-electron chi connectivity index (χ4n) is 3.57. The number of rotatable bonds is 4. The molecule has 0 unspecified atom stereocenters. The van der Waals surface area contributed by atoms with Gasteiger partial charge in [-0.05, 0) is 30.5 Å². The first-order valence-corrected chi connectivity index (χ1v) is 8.81. The molecule has 0 amide bonds. The molecule has 1 saturated heterocycles. The number of pyridine rings is 1. The van der Waals surface area contributed by atoms with Crippen LogP contribution < -0.4 is 4.74 Å². The fourth-order valence-corrected chi connectivity index (χ4v) is 3.57. The molecule has 1 N–H and O–H groups in total. The van der Waals surface area contributed by atoms with Crippen LogP contribution in [0.4, 0.5) is 0 Å². The first-order chi connectivity index (χ1) is 12.2. The molecule has 1 aliphatic carbocycles. The fraction of sp³-hybridized carbons (Fsp3) is 0.450. The topological polar surface area (TPSA) is 60.8 Å². The lowest BCUT2D eigenvalue weighted by Gasteiger charge is -2.40. The zero-order valence-corrected chi connectivity index (χ0v) is 14.2. The Hall–Kier alpha value is -1.95. The van der Waals surface area contributed by atoms with Crippen LogP contribution in [0.3, 0.4) is 0 Å². The summed E-state index contributed by atoms with van der Waals surface area (Å²) < 4.78 is 17.2. The van der Waals surface area contributed by atoms with Gasteiger partial charge < -0.3 is 19.3 Å². The lowest BCUT2D eigenvalue weighted by molar-refractivity contribution is -0.204. The Kier molecular flexibility index (Phi) is 4.46. The van der Waals surface area contributed by atoms with Crippen LogP contribution in [0, 0.1) is 0 Å². The maximum absolute atomic E-state index is 11.0. The molecule has 5 heteroatoms. The molecule has 132 valence electrons. The number of ether oxygens (including phenoxy) is 3. The molecule has 25 heavy (non-hydrogen) atoms. The molecule has 2 heterocycles. The third kappa shape index (κ3) is 3.54. The second-order valence-corrected chi connectivity index (χ2v) is 6.79. The van der Waals surface area contributed by atoms with Gasteiger partial charge in [0.1, 0.15) is 18.0 Å². The van der Waals surface area contributed by atoms with Crippen molar-refractivity contribution in [2.75, 3.05) is 13.2 Å². The summed E-state index contributed by atoms with van der Waals surface area (Å²) in [6.07, 6.45) is 4.24. The van der Waals surface area contributed by atoms with Crippen molar-refractivity contribution < 1.29 is 19.3 Å². The smallest absolute Gasteiger partial charge is 0.168 e. The highest BCUT2D eigenvalue weighted by Gasteiger charge is 2.46. The molecule has 2 aliphatic rings. The molecule has 0 radical (unpaired) electrons. The Bertz CT molecular complexity index is 685. The molecule has 0 bridgehead atoms. The van der Waals surface area contributed by atoms with Crippen LogP contribution in [0.15, 0.2) is 48.7 Å².